The van der Waals surface area contributed by atoms with E-state index in [1.54, 1.807) is 0 Å². The van der Waals surface area contributed by atoms with Crippen molar-refractivity contribution < 1.29 is 4.79 Å². The molecule has 112 valence electrons. The minimum atomic E-state index is -0.0867. The summed E-state index contributed by atoms with van der Waals surface area (Å²) < 4.78 is 0. The zero-order chi connectivity index (χ0) is 15.0. The number of nitrogens with one attached hydrogen (secondary N) is 3. The minimum absolute atomic E-state index is 0.0867. The Bertz CT molecular complexity index is 677. The lowest BCUT2D eigenvalue weighted by atomic mass is 9.91. The Kier molecular flexibility index (Phi) is 3.81. The van der Waals surface area contributed by atoms with E-state index in [4.69, 9.17) is 11.6 Å². The highest BCUT2D eigenvalue weighted by Crippen LogP contribution is 2.30. The van der Waals surface area contributed by atoms with Crippen molar-refractivity contribution in [2.75, 3.05) is 0 Å². The van der Waals surface area contributed by atoms with Crippen LogP contribution in [0.1, 0.15) is 31.5 Å². The largest absolute Gasteiger partial charge is 0.358 e. The van der Waals surface area contributed by atoms with E-state index in [1.165, 1.54) is 16.6 Å². The van der Waals surface area contributed by atoms with Gasteiger partial charge in [-0.3, -0.25) is 0 Å². The molecule has 1 aliphatic rings. The molecule has 0 spiro atoms. The molecule has 1 heterocycles. The van der Waals surface area contributed by atoms with Gasteiger partial charge in [0.25, 0.3) is 0 Å². The predicted octanol–water partition coefficient (Wildman–Crippen LogP) is 3.39. The van der Waals surface area contributed by atoms with Crippen LogP contribution in [0.2, 0.25) is 5.02 Å². The van der Waals surface area contributed by atoms with Crippen LogP contribution in [0.3, 0.4) is 0 Å². The number of aromatic amines is 1. The van der Waals surface area contributed by atoms with Crippen molar-refractivity contribution in [2.24, 2.45) is 0 Å². The van der Waals surface area contributed by atoms with Crippen LogP contribution in [0.4, 0.5) is 4.79 Å². The molecule has 0 saturated heterocycles. The molecule has 1 aromatic heterocycles. The van der Waals surface area contributed by atoms with Crippen LogP contribution < -0.4 is 10.6 Å². The zero-order valence-electron chi connectivity index (χ0n) is 12.3. The van der Waals surface area contributed by atoms with E-state index in [2.05, 4.69) is 15.6 Å². The van der Waals surface area contributed by atoms with Gasteiger partial charge < -0.3 is 15.6 Å². The second-order valence-electron chi connectivity index (χ2n) is 5.98. The molecule has 2 amide bonds. The molecule has 1 aliphatic carbocycles. The van der Waals surface area contributed by atoms with E-state index >= 15 is 0 Å². The summed E-state index contributed by atoms with van der Waals surface area (Å²) in [5.41, 5.74) is 3.68. The first kappa shape index (κ1) is 14.3. The van der Waals surface area contributed by atoms with Gasteiger partial charge in [-0.2, -0.15) is 0 Å². The molecule has 0 bridgehead atoms. The molecular weight excluding hydrogens is 286 g/mol. The molecule has 3 rings (SSSR count). The van der Waals surface area contributed by atoms with Crippen molar-refractivity contribution in [1.29, 1.82) is 0 Å². The Morgan fingerprint density at radius 2 is 2.24 bits per heavy atom. The van der Waals surface area contributed by atoms with Crippen molar-refractivity contribution in [1.82, 2.24) is 15.6 Å². The van der Waals surface area contributed by atoms with Gasteiger partial charge in [-0.05, 0) is 56.9 Å². The molecule has 2 aromatic rings. The number of urea groups is 1. The van der Waals surface area contributed by atoms with Crippen molar-refractivity contribution in [3.8, 4) is 0 Å². The maximum Gasteiger partial charge on any atom is 0.315 e. The van der Waals surface area contributed by atoms with E-state index in [-0.39, 0.29) is 18.1 Å². The molecule has 1 atom stereocenters. The van der Waals surface area contributed by atoms with Gasteiger partial charge in [0.05, 0.1) is 0 Å². The highest BCUT2D eigenvalue weighted by Gasteiger charge is 2.23. The standard InChI is InChI=1S/C16H20ClN3O/c1-9(2)18-16(21)19-11-4-6-15-13(8-11)12-7-10(17)3-5-14(12)20-15/h3,5,7,9,11,20H,4,6,8H2,1-2H3,(H2,18,19,21). The highest BCUT2D eigenvalue weighted by atomic mass is 35.5. The molecule has 0 radical (unpaired) electrons. The van der Waals surface area contributed by atoms with E-state index in [1.807, 2.05) is 32.0 Å². The monoisotopic (exact) mass is 305 g/mol. The van der Waals surface area contributed by atoms with E-state index in [9.17, 15) is 4.79 Å². The molecule has 1 unspecified atom stereocenters. The zero-order valence-corrected chi connectivity index (χ0v) is 13.1. The molecule has 0 fully saturated rings. The quantitative estimate of drug-likeness (QED) is 0.782. The summed E-state index contributed by atoms with van der Waals surface area (Å²) in [5.74, 6) is 0. The third-order valence-electron chi connectivity index (χ3n) is 3.90. The van der Waals surface area contributed by atoms with Crippen LogP contribution in [0.5, 0.6) is 0 Å². The number of hydrogen-bond donors (Lipinski definition) is 3. The number of carbonyl (C=O) groups is 1. The number of aromatic nitrogens is 1. The first-order valence-corrected chi connectivity index (χ1v) is 7.76. The summed E-state index contributed by atoms with van der Waals surface area (Å²) in [4.78, 5) is 15.3. The van der Waals surface area contributed by atoms with Gasteiger partial charge in [0.1, 0.15) is 0 Å². The van der Waals surface area contributed by atoms with Crippen LogP contribution in [-0.4, -0.2) is 23.1 Å². The summed E-state index contributed by atoms with van der Waals surface area (Å²) in [6, 6.07) is 6.16. The van der Waals surface area contributed by atoms with Gasteiger partial charge in [0.2, 0.25) is 0 Å². The highest BCUT2D eigenvalue weighted by molar-refractivity contribution is 6.31. The lowest BCUT2D eigenvalue weighted by Crippen LogP contribution is -2.46. The van der Waals surface area contributed by atoms with Crippen molar-refractivity contribution in [3.05, 3.63) is 34.5 Å². The first-order chi connectivity index (χ1) is 10.0. The third-order valence-corrected chi connectivity index (χ3v) is 4.14. The van der Waals surface area contributed by atoms with Crippen LogP contribution in [0.15, 0.2) is 18.2 Å². The second-order valence-corrected chi connectivity index (χ2v) is 6.42. The Balaban J connectivity index is 1.79. The molecular formula is C16H20ClN3O. The number of hydrogen-bond acceptors (Lipinski definition) is 1. The number of carbonyl (C=O) groups excluding carboxylic acids is 1. The van der Waals surface area contributed by atoms with Crippen LogP contribution in [0, 0.1) is 0 Å². The van der Waals surface area contributed by atoms with Gasteiger partial charge >= 0.3 is 6.03 Å². The number of fused-ring (bicyclic) bond motifs is 3. The molecule has 4 nitrogen and oxygen atoms in total. The number of amides is 2. The summed E-state index contributed by atoms with van der Waals surface area (Å²) in [6.07, 6.45) is 2.76. The van der Waals surface area contributed by atoms with Crippen LogP contribution in [-0.2, 0) is 12.8 Å². The van der Waals surface area contributed by atoms with Crippen molar-refractivity contribution in [2.45, 2.75) is 45.2 Å². The number of H-pyrrole nitrogens is 1. The smallest absolute Gasteiger partial charge is 0.315 e. The fourth-order valence-corrected chi connectivity index (χ4v) is 3.17. The maximum absolute atomic E-state index is 11.8. The fraction of sp³-hybridized carbons (Fsp3) is 0.438. The number of benzene rings is 1. The molecule has 21 heavy (non-hydrogen) atoms. The molecule has 5 heteroatoms. The summed E-state index contributed by atoms with van der Waals surface area (Å²) in [6.45, 7) is 3.92. The maximum atomic E-state index is 11.8. The summed E-state index contributed by atoms with van der Waals surface area (Å²) >= 11 is 6.10. The lowest BCUT2D eigenvalue weighted by Gasteiger charge is -2.24. The van der Waals surface area contributed by atoms with Crippen LogP contribution >= 0.6 is 11.6 Å². The van der Waals surface area contributed by atoms with E-state index < -0.39 is 0 Å². The second kappa shape index (κ2) is 5.60. The average Bonchev–Trinajstić information content (AvgIpc) is 2.75. The SMILES string of the molecule is CC(C)NC(=O)NC1CCc2[nH]c3ccc(Cl)cc3c2C1. The van der Waals surface area contributed by atoms with E-state index in [0.717, 1.165) is 29.8 Å². The van der Waals surface area contributed by atoms with E-state index in [0.29, 0.717) is 0 Å². The first-order valence-electron chi connectivity index (χ1n) is 7.39. The number of halogens is 1. The molecule has 0 saturated carbocycles. The Morgan fingerprint density at radius 1 is 1.43 bits per heavy atom. The van der Waals surface area contributed by atoms with Gasteiger partial charge in [-0.25, -0.2) is 4.79 Å². The van der Waals surface area contributed by atoms with Gasteiger partial charge in [0, 0.05) is 33.7 Å². The van der Waals surface area contributed by atoms with Crippen molar-refractivity contribution in [3.63, 3.8) is 0 Å². The third kappa shape index (κ3) is 3.00. The molecule has 1 aromatic carbocycles. The topological polar surface area (TPSA) is 56.9 Å². The average molecular weight is 306 g/mol. The minimum Gasteiger partial charge on any atom is -0.358 e. The Hall–Kier alpha value is -1.68. The summed E-state index contributed by atoms with van der Waals surface area (Å²) in [7, 11) is 0. The fourth-order valence-electron chi connectivity index (χ4n) is 3.00. The Labute approximate surface area is 129 Å². The molecule has 0 aliphatic heterocycles. The normalized spacial score (nSPS) is 17.8. The summed E-state index contributed by atoms with van der Waals surface area (Å²) in [5, 5.41) is 7.86. The molecule has 3 N–H and O–H groups in total. The lowest BCUT2D eigenvalue weighted by molar-refractivity contribution is 0.233. The van der Waals surface area contributed by atoms with Gasteiger partial charge in [-0.1, -0.05) is 11.6 Å². The number of rotatable bonds is 2. The van der Waals surface area contributed by atoms with Gasteiger partial charge in [0.15, 0.2) is 0 Å². The van der Waals surface area contributed by atoms with Crippen molar-refractivity contribution >= 4 is 28.5 Å². The number of aryl methyl sites for hydroxylation is 1. The predicted molar refractivity (Wildman–Crippen MR) is 85.9 cm³/mol. The van der Waals surface area contributed by atoms with Gasteiger partial charge in [-0.15, -0.1) is 0 Å². The van der Waals surface area contributed by atoms with Crippen LogP contribution in [0.25, 0.3) is 10.9 Å². The Morgan fingerprint density at radius 3 is 3.00 bits per heavy atom.